The van der Waals surface area contributed by atoms with E-state index in [2.05, 4.69) is 5.32 Å². The van der Waals surface area contributed by atoms with E-state index in [1.54, 1.807) is 7.11 Å². The van der Waals surface area contributed by atoms with E-state index < -0.39 is 0 Å². The predicted octanol–water partition coefficient (Wildman–Crippen LogP) is 0.940. The number of nitrogens with one attached hydrogen (secondary N) is 1. The summed E-state index contributed by atoms with van der Waals surface area (Å²) in [6.45, 7) is 0. The second kappa shape index (κ2) is 2.66. The fourth-order valence-corrected chi connectivity index (χ4v) is 1.65. The van der Waals surface area contributed by atoms with Crippen LogP contribution >= 0.6 is 0 Å². The first-order valence-corrected chi connectivity index (χ1v) is 4.04. The maximum absolute atomic E-state index is 11.0. The molecule has 0 spiro atoms. The van der Waals surface area contributed by atoms with Crippen LogP contribution in [0.25, 0.3) is 0 Å². The Morgan fingerprint density at radius 2 is 2.33 bits per heavy atom. The minimum Gasteiger partial charge on any atom is -0.501 e. The van der Waals surface area contributed by atoms with E-state index in [-0.39, 0.29) is 5.91 Å². The van der Waals surface area contributed by atoms with Crippen molar-refractivity contribution in [2.75, 3.05) is 7.11 Å². The van der Waals surface area contributed by atoms with Gasteiger partial charge in [-0.2, -0.15) is 0 Å². The molecule has 2 rings (SSSR count). The summed E-state index contributed by atoms with van der Waals surface area (Å²) in [4.78, 5) is 11.0. The minimum atomic E-state index is 0.122. The van der Waals surface area contributed by atoms with Gasteiger partial charge in [-0.3, -0.25) is 4.79 Å². The van der Waals surface area contributed by atoms with Crippen LogP contribution in [0.4, 0.5) is 0 Å². The topological polar surface area (TPSA) is 38.3 Å². The first-order chi connectivity index (χ1) is 5.79. The summed E-state index contributed by atoms with van der Waals surface area (Å²) in [5.74, 6) is 1.41. The maximum atomic E-state index is 11.0. The number of allylic oxidation sites excluding steroid dienone is 4. The van der Waals surface area contributed by atoms with Gasteiger partial charge in [-0.1, -0.05) is 0 Å². The molecule has 1 fully saturated rings. The Kier molecular flexibility index (Phi) is 1.64. The van der Waals surface area contributed by atoms with Crippen LogP contribution in [-0.2, 0) is 9.53 Å². The fraction of sp³-hybridized carbons (Fsp3) is 0.444. The van der Waals surface area contributed by atoms with Gasteiger partial charge >= 0.3 is 0 Å². The van der Waals surface area contributed by atoms with Crippen molar-refractivity contribution in [3.05, 3.63) is 23.6 Å². The third-order valence-corrected chi connectivity index (χ3v) is 2.31. The molecule has 1 amide bonds. The van der Waals surface area contributed by atoms with Crippen LogP contribution in [0.15, 0.2) is 23.6 Å². The van der Waals surface area contributed by atoms with E-state index in [0.717, 1.165) is 17.9 Å². The zero-order valence-corrected chi connectivity index (χ0v) is 6.96. The quantitative estimate of drug-likeness (QED) is 0.628. The molecule has 3 nitrogen and oxygen atoms in total. The summed E-state index contributed by atoms with van der Waals surface area (Å²) >= 11 is 0. The van der Waals surface area contributed by atoms with Gasteiger partial charge in [0.1, 0.15) is 0 Å². The minimum absolute atomic E-state index is 0.122. The van der Waals surface area contributed by atoms with Crippen LogP contribution in [0, 0.1) is 5.92 Å². The molecule has 64 valence electrons. The van der Waals surface area contributed by atoms with Gasteiger partial charge in [0.25, 0.3) is 0 Å². The van der Waals surface area contributed by atoms with Crippen molar-refractivity contribution < 1.29 is 9.53 Å². The number of carbonyl (C=O) groups excluding carboxylic acids is 1. The second-order valence-electron chi connectivity index (χ2n) is 3.11. The van der Waals surface area contributed by atoms with Crippen LogP contribution in [0.3, 0.4) is 0 Å². The summed E-state index contributed by atoms with van der Waals surface area (Å²) in [5.41, 5.74) is 1.04. The summed E-state index contributed by atoms with van der Waals surface area (Å²) in [7, 11) is 1.66. The lowest BCUT2D eigenvalue weighted by atomic mass is 9.96. The highest BCUT2D eigenvalue weighted by Gasteiger charge is 2.29. The molecule has 0 aromatic rings. The van der Waals surface area contributed by atoms with Crippen molar-refractivity contribution in [1.29, 1.82) is 0 Å². The van der Waals surface area contributed by atoms with Gasteiger partial charge in [-0.25, -0.2) is 0 Å². The van der Waals surface area contributed by atoms with Crippen LogP contribution in [0.1, 0.15) is 12.8 Å². The largest absolute Gasteiger partial charge is 0.501 e. The van der Waals surface area contributed by atoms with Crippen LogP contribution < -0.4 is 5.32 Å². The number of fused-ring (bicyclic) bond motifs is 1. The molecule has 0 aromatic heterocycles. The molecular formula is C9H11NO2. The number of hydrogen-bond donors (Lipinski definition) is 1. The van der Waals surface area contributed by atoms with Crippen molar-refractivity contribution in [3.63, 3.8) is 0 Å². The number of methoxy groups -OCH3 is 1. The summed E-state index contributed by atoms with van der Waals surface area (Å²) in [5, 5.41) is 2.82. The van der Waals surface area contributed by atoms with Crippen molar-refractivity contribution >= 4 is 5.91 Å². The van der Waals surface area contributed by atoms with E-state index in [9.17, 15) is 4.79 Å². The lowest BCUT2D eigenvalue weighted by Gasteiger charge is -2.15. The predicted molar refractivity (Wildman–Crippen MR) is 44.0 cm³/mol. The van der Waals surface area contributed by atoms with Crippen molar-refractivity contribution in [2.24, 2.45) is 5.92 Å². The van der Waals surface area contributed by atoms with Gasteiger partial charge in [0.05, 0.1) is 12.9 Å². The molecule has 1 atom stereocenters. The van der Waals surface area contributed by atoms with Crippen LogP contribution in [0.5, 0.6) is 0 Å². The molecule has 1 aliphatic carbocycles. The Morgan fingerprint density at radius 3 is 3.08 bits per heavy atom. The Balaban J connectivity index is 2.18. The van der Waals surface area contributed by atoms with Gasteiger partial charge in [-0.15, -0.1) is 0 Å². The van der Waals surface area contributed by atoms with Gasteiger partial charge in [0, 0.05) is 24.5 Å². The molecular weight excluding hydrogens is 154 g/mol. The number of carbonyl (C=O) groups is 1. The number of rotatable bonds is 1. The molecule has 0 radical (unpaired) electrons. The molecule has 0 bridgehead atoms. The summed E-state index contributed by atoms with van der Waals surface area (Å²) in [6, 6.07) is 0. The van der Waals surface area contributed by atoms with Gasteiger partial charge in [0.15, 0.2) is 0 Å². The fourth-order valence-electron chi connectivity index (χ4n) is 1.65. The lowest BCUT2D eigenvalue weighted by Crippen LogP contribution is -2.13. The SMILES string of the molecule is COC1=CC=C2NC(=O)CC2C1. The summed E-state index contributed by atoms with van der Waals surface area (Å²) in [6.07, 6.45) is 5.29. The molecule has 1 saturated heterocycles. The smallest absolute Gasteiger partial charge is 0.224 e. The Morgan fingerprint density at radius 1 is 1.50 bits per heavy atom. The van der Waals surface area contributed by atoms with E-state index in [1.165, 1.54) is 0 Å². The first-order valence-electron chi connectivity index (χ1n) is 4.04. The molecule has 1 unspecified atom stereocenters. The number of ether oxygens (including phenoxy) is 1. The standard InChI is InChI=1S/C9H11NO2/c1-12-7-2-3-8-6(4-7)5-9(11)10-8/h2-3,6H,4-5H2,1H3,(H,10,11). The van der Waals surface area contributed by atoms with Gasteiger partial charge < -0.3 is 10.1 Å². The van der Waals surface area contributed by atoms with Gasteiger partial charge in [0.2, 0.25) is 5.91 Å². The van der Waals surface area contributed by atoms with Gasteiger partial charge in [-0.05, 0) is 12.2 Å². The molecule has 0 saturated carbocycles. The highest BCUT2D eigenvalue weighted by molar-refractivity contribution is 5.82. The molecule has 2 aliphatic rings. The highest BCUT2D eigenvalue weighted by Crippen LogP contribution is 2.30. The monoisotopic (exact) mass is 165 g/mol. The van der Waals surface area contributed by atoms with E-state index >= 15 is 0 Å². The van der Waals surface area contributed by atoms with Crippen molar-refractivity contribution in [1.82, 2.24) is 5.32 Å². The highest BCUT2D eigenvalue weighted by atomic mass is 16.5. The Bertz CT molecular complexity index is 278. The van der Waals surface area contributed by atoms with E-state index in [4.69, 9.17) is 4.74 Å². The number of amides is 1. The maximum Gasteiger partial charge on any atom is 0.224 e. The van der Waals surface area contributed by atoms with Crippen LogP contribution in [-0.4, -0.2) is 13.0 Å². The average Bonchev–Trinajstić information content (AvgIpc) is 2.43. The van der Waals surface area contributed by atoms with E-state index in [0.29, 0.717) is 12.3 Å². The lowest BCUT2D eigenvalue weighted by molar-refractivity contribution is -0.119. The second-order valence-corrected chi connectivity index (χ2v) is 3.11. The Labute approximate surface area is 71.1 Å². The van der Waals surface area contributed by atoms with Crippen molar-refractivity contribution in [3.8, 4) is 0 Å². The first kappa shape index (κ1) is 7.40. The van der Waals surface area contributed by atoms with Crippen LogP contribution in [0.2, 0.25) is 0 Å². The zero-order chi connectivity index (χ0) is 8.55. The molecule has 1 aliphatic heterocycles. The average molecular weight is 165 g/mol. The summed E-state index contributed by atoms with van der Waals surface area (Å²) < 4.78 is 5.11. The van der Waals surface area contributed by atoms with Crippen molar-refractivity contribution in [2.45, 2.75) is 12.8 Å². The van der Waals surface area contributed by atoms with E-state index in [1.807, 2.05) is 12.2 Å². The normalized spacial score (nSPS) is 27.1. The third kappa shape index (κ3) is 1.11. The zero-order valence-electron chi connectivity index (χ0n) is 6.96. The molecule has 3 heteroatoms. The molecule has 1 N–H and O–H groups in total. The number of hydrogen-bond acceptors (Lipinski definition) is 2. The molecule has 12 heavy (non-hydrogen) atoms. The molecule has 1 heterocycles. The Hall–Kier alpha value is -1.25. The third-order valence-electron chi connectivity index (χ3n) is 2.31. The molecule has 0 aromatic carbocycles.